The van der Waals surface area contributed by atoms with Crippen molar-refractivity contribution in [2.24, 2.45) is 0 Å². The van der Waals surface area contributed by atoms with E-state index >= 15 is 0 Å². The van der Waals surface area contributed by atoms with Crippen LogP contribution < -0.4 is 0 Å². The fourth-order valence-electron chi connectivity index (χ4n) is 15.8. The summed E-state index contributed by atoms with van der Waals surface area (Å²) in [7, 11) is 0. The Morgan fingerprint density at radius 1 is 0.124 bits per heavy atom. The zero-order valence-corrected chi connectivity index (χ0v) is 77.8. The van der Waals surface area contributed by atoms with E-state index in [1.165, 1.54) is 290 Å². The first-order chi connectivity index (χ1) is 48.6. The van der Waals surface area contributed by atoms with Crippen LogP contribution in [0.15, 0.2) is 4.42 Å². The van der Waals surface area contributed by atoms with Crippen LogP contribution in [0.3, 0.4) is 0 Å². The average Bonchev–Trinajstić information content (AvgIpc) is 1.72. The molecule has 14 rings (SSSR count). The number of aryl methyl sites for hydroxylation is 28. The number of thiophene rings is 6. The lowest BCUT2D eigenvalue weighted by molar-refractivity contribution is 0.572. The Morgan fingerprint density at radius 3 is 0.419 bits per heavy atom. The quantitative estimate of drug-likeness (QED) is 0.147. The first-order valence-corrected chi connectivity index (χ1v) is 42.8. The van der Waals surface area contributed by atoms with Gasteiger partial charge in [0.05, 0.1) is 0 Å². The van der Waals surface area contributed by atoms with Crippen molar-refractivity contribution in [3.05, 3.63) is 230 Å². The summed E-state index contributed by atoms with van der Waals surface area (Å²) in [6.07, 6.45) is 0. The van der Waals surface area contributed by atoms with Crippen molar-refractivity contribution >= 4 is 140 Å². The maximum absolute atomic E-state index is 5.85. The summed E-state index contributed by atoms with van der Waals surface area (Å²) < 4.78 is 14.8. The van der Waals surface area contributed by atoms with Crippen molar-refractivity contribution in [1.29, 1.82) is 0 Å². The highest BCUT2D eigenvalue weighted by Gasteiger charge is 2.22. The summed E-state index contributed by atoms with van der Waals surface area (Å²) in [5.74, 6) is 1.04. The molecule has 0 amide bonds. The van der Waals surface area contributed by atoms with Gasteiger partial charge >= 0.3 is 0 Å². The summed E-state index contributed by atoms with van der Waals surface area (Å²) in [6, 6.07) is 0. The van der Waals surface area contributed by atoms with Gasteiger partial charge in [-0.1, -0.05) is 0 Å². The fourth-order valence-corrected chi connectivity index (χ4v) is 23.5. The van der Waals surface area contributed by atoms with Gasteiger partial charge in [0.2, 0.25) is 0 Å². The highest BCUT2D eigenvalue weighted by atomic mass is 32.1. The summed E-state index contributed by atoms with van der Waals surface area (Å²) in [6.45, 7) is 93.6. The first-order valence-electron chi connectivity index (χ1n) is 37.9. The molecule has 0 unspecified atom stereocenters. The Kier molecular flexibility index (Phi) is 25.9. The Labute approximate surface area is 659 Å². The Morgan fingerprint density at radius 2 is 0.257 bits per heavy atom. The Hall–Kier alpha value is -6.16. The van der Waals surface area contributed by atoms with Crippen LogP contribution in [0.2, 0.25) is 0 Å². The van der Waals surface area contributed by atoms with E-state index in [-0.39, 0.29) is 0 Å². The summed E-state index contributed by atoms with van der Waals surface area (Å²) in [5, 5.41) is 10.3. The van der Waals surface area contributed by atoms with Crippen molar-refractivity contribution in [3.8, 4) is 0 Å². The Bertz CT molecular complexity index is 4820. The van der Waals surface area contributed by atoms with Crippen molar-refractivity contribution in [2.45, 2.75) is 291 Å². The van der Waals surface area contributed by atoms with Gasteiger partial charge in [0, 0.05) is 62.8 Å². The highest BCUT2D eigenvalue weighted by Crippen LogP contribution is 2.45. The van der Waals surface area contributed by atoms with Crippen LogP contribution in [0, 0.1) is 291 Å². The molecule has 0 radical (unpaired) electrons. The van der Waals surface area contributed by atoms with Crippen molar-refractivity contribution in [2.75, 3.05) is 0 Å². The zero-order valence-electron chi connectivity index (χ0n) is 72.9. The highest BCUT2D eigenvalue weighted by molar-refractivity contribution is 7.21. The summed E-state index contributed by atoms with van der Waals surface area (Å²) >= 11 is 11.7. The number of hydrogen-bond donors (Lipinski definition) is 0. The van der Waals surface area contributed by atoms with Crippen molar-refractivity contribution in [3.63, 3.8) is 0 Å². The third-order valence-corrected chi connectivity index (χ3v) is 34.5. The number of benzene rings is 7. The fraction of sp³-hybridized carbons (Fsp3) is 0.429. The lowest BCUT2D eigenvalue weighted by Crippen LogP contribution is -1.92. The second-order valence-corrected chi connectivity index (χ2v) is 38.8. The van der Waals surface area contributed by atoms with Gasteiger partial charge in [0.25, 0.3) is 0 Å². The molecule has 0 aliphatic carbocycles. The average molecular weight is 1510 g/mol. The molecule has 7 heterocycles. The molecule has 0 N–H and O–H groups in total. The number of fused-ring (bicyclic) bond motifs is 7. The molecular weight excluding hydrogens is 1390 g/mol. The Balaban J connectivity index is 0.000000155. The van der Waals surface area contributed by atoms with Crippen LogP contribution in [-0.4, -0.2) is 0 Å². The zero-order chi connectivity index (χ0) is 79.3. The molecule has 0 atom stereocenters. The molecule has 0 fully saturated rings. The molecule has 1 nitrogen and oxygen atoms in total. The van der Waals surface area contributed by atoms with E-state index in [9.17, 15) is 0 Å². The third-order valence-electron chi connectivity index (χ3n) is 26.5. The maximum Gasteiger partial charge on any atom is 0.137 e. The van der Waals surface area contributed by atoms with Gasteiger partial charge in [0.1, 0.15) is 11.3 Å². The van der Waals surface area contributed by atoms with E-state index in [0.29, 0.717) is 0 Å². The van der Waals surface area contributed by atoms with Gasteiger partial charge in [-0.3, -0.25) is 0 Å². The van der Waals surface area contributed by atoms with Crippen LogP contribution in [-0.2, 0) is 0 Å². The lowest BCUT2D eigenvalue weighted by atomic mass is 9.94. The topological polar surface area (TPSA) is 13.1 Å². The number of furan rings is 1. The van der Waals surface area contributed by atoms with E-state index in [1.807, 2.05) is 74.9 Å². The minimum Gasteiger partial charge on any atom is -0.461 e. The standard InChI is InChI=1S/C14H18O.6C14H18S/c7*1-7-8(2)10(4)14-13(9(7)3)11(5)12(6)15-14/h7*1-6H3. The molecule has 0 spiro atoms. The lowest BCUT2D eigenvalue weighted by Gasteiger charge is -2.11. The molecule has 7 aromatic heterocycles. The van der Waals surface area contributed by atoms with Crippen LogP contribution in [0.1, 0.15) is 230 Å². The summed E-state index contributed by atoms with van der Waals surface area (Å²) in [5.41, 5.74) is 51.7. The van der Waals surface area contributed by atoms with Crippen LogP contribution in [0.4, 0.5) is 0 Å². The molecule has 0 saturated carbocycles. The van der Waals surface area contributed by atoms with Gasteiger partial charge in [-0.25, -0.2) is 0 Å². The molecule has 0 bridgehead atoms. The predicted molar refractivity (Wildman–Crippen MR) is 486 cm³/mol. The van der Waals surface area contributed by atoms with E-state index in [0.717, 1.165) is 11.3 Å². The normalized spacial score (nSPS) is 11.3. The van der Waals surface area contributed by atoms with Crippen LogP contribution in [0.5, 0.6) is 0 Å². The molecule has 0 saturated heterocycles. The van der Waals surface area contributed by atoms with Crippen molar-refractivity contribution < 1.29 is 4.42 Å². The second kappa shape index (κ2) is 32.2. The predicted octanol–water partition coefficient (Wildman–Crippen LogP) is 32.8. The first kappa shape index (κ1) is 84.5. The molecule has 7 aromatic carbocycles. The SMILES string of the molecule is Cc1oc2c(C)c(C)c(C)c(C)c2c1C.Cc1sc2c(C)c(C)c(C)c(C)c2c1C.Cc1sc2c(C)c(C)c(C)c(C)c2c1C.Cc1sc2c(C)c(C)c(C)c(C)c2c1C.Cc1sc2c(C)c(C)c(C)c(C)c2c1C.Cc1sc2c(C)c(C)c(C)c(C)c2c1C.Cc1sc2c(C)c(C)c(C)c(C)c2c1C. The molecule has 14 aromatic rings. The molecule has 0 aliphatic heterocycles. The number of rotatable bonds is 0. The summed E-state index contributed by atoms with van der Waals surface area (Å²) in [4.78, 5) is 8.76. The van der Waals surface area contributed by atoms with Gasteiger partial charge in [-0.15, -0.1) is 68.0 Å². The van der Waals surface area contributed by atoms with Gasteiger partial charge in [-0.2, -0.15) is 0 Å². The monoisotopic (exact) mass is 1510 g/mol. The largest absolute Gasteiger partial charge is 0.461 e. The maximum atomic E-state index is 5.85. The van der Waals surface area contributed by atoms with E-state index in [1.54, 1.807) is 0 Å². The van der Waals surface area contributed by atoms with E-state index in [2.05, 4.69) is 284 Å². The van der Waals surface area contributed by atoms with Crippen LogP contribution in [0.25, 0.3) is 71.5 Å². The molecule has 560 valence electrons. The molecule has 7 heteroatoms. The van der Waals surface area contributed by atoms with Gasteiger partial charge in [-0.05, 0) is 518 Å². The molecule has 105 heavy (non-hydrogen) atoms. The number of hydrogen-bond acceptors (Lipinski definition) is 7. The molecule has 0 aliphatic rings. The van der Waals surface area contributed by atoms with E-state index in [4.69, 9.17) is 4.42 Å². The third kappa shape index (κ3) is 14.9. The smallest absolute Gasteiger partial charge is 0.137 e. The van der Waals surface area contributed by atoms with Crippen LogP contribution >= 0.6 is 68.0 Å². The van der Waals surface area contributed by atoms with Gasteiger partial charge < -0.3 is 4.42 Å². The van der Waals surface area contributed by atoms with E-state index < -0.39 is 0 Å². The van der Waals surface area contributed by atoms with Gasteiger partial charge in [0.15, 0.2) is 0 Å². The second-order valence-electron chi connectivity index (χ2n) is 31.4. The minimum atomic E-state index is 1.04. The molecular formula is C98H126OS6. The van der Waals surface area contributed by atoms with Crippen molar-refractivity contribution in [1.82, 2.24) is 0 Å². The minimum absolute atomic E-state index is 1.04.